The number of halogens is 4. The van der Waals surface area contributed by atoms with Crippen LogP contribution in [-0.2, 0) is 11.0 Å². The SMILES string of the molecule is CCOc1ccc2c(s/c(=N\C(=O)c3cccc(C(F)(F)F)c3)n2C(C)C(=O)O)c1F. The summed E-state index contributed by atoms with van der Waals surface area (Å²) in [6, 6.07) is 5.24. The van der Waals surface area contributed by atoms with Gasteiger partial charge in [0.05, 0.1) is 22.4 Å². The van der Waals surface area contributed by atoms with Crippen LogP contribution in [0.5, 0.6) is 5.75 Å². The molecule has 0 aliphatic carbocycles. The number of benzene rings is 2. The van der Waals surface area contributed by atoms with E-state index in [1.54, 1.807) is 6.92 Å². The Morgan fingerprint density at radius 3 is 2.58 bits per heavy atom. The number of aliphatic carboxylic acids is 1. The Bertz CT molecular complexity index is 1230. The van der Waals surface area contributed by atoms with Crippen LogP contribution in [0.2, 0.25) is 0 Å². The van der Waals surface area contributed by atoms with Gasteiger partial charge in [0.25, 0.3) is 5.91 Å². The smallest absolute Gasteiger partial charge is 0.416 e. The number of nitrogens with zero attached hydrogens (tertiary/aromatic N) is 2. The molecule has 0 bridgehead atoms. The number of alkyl halides is 3. The van der Waals surface area contributed by atoms with Crippen LogP contribution in [0, 0.1) is 5.82 Å². The van der Waals surface area contributed by atoms with E-state index in [0.717, 1.165) is 22.8 Å². The van der Waals surface area contributed by atoms with E-state index < -0.39 is 35.5 Å². The summed E-state index contributed by atoms with van der Waals surface area (Å²) >= 11 is 0.704. The van der Waals surface area contributed by atoms with Crippen molar-refractivity contribution in [3.63, 3.8) is 0 Å². The lowest BCUT2D eigenvalue weighted by atomic mass is 10.1. The number of carboxylic acid groups (broad SMARTS) is 1. The van der Waals surface area contributed by atoms with E-state index in [-0.39, 0.29) is 32.9 Å². The molecular weight excluding hydrogens is 440 g/mol. The molecule has 1 unspecified atom stereocenters. The highest BCUT2D eigenvalue weighted by Crippen LogP contribution is 2.31. The standard InChI is InChI=1S/C20H16F4N2O4S/c1-3-30-14-8-7-13-16(15(14)21)31-19(26(13)10(2)18(28)29)25-17(27)11-5-4-6-12(9-11)20(22,23)24/h4-10H,3H2,1-2H3,(H,28,29)/b25-19-. The van der Waals surface area contributed by atoms with Crippen molar-refractivity contribution in [2.45, 2.75) is 26.1 Å². The van der Waals surface area contributed by atoms with Gasteiger partial charge in [-0.05, 0) is 44.2 Å². The van der Waals surface area contributed by atoms with Gasteiger partial charge in [0, 0.05) is 5.56 Å². The zero-order valence-corrected chi connectivity index (χ0v) is 17.1. The summed E-state index contributed by atoms with van der Waals surface area (Å²) in [5, 5.41) is 9.44. The van der Waals surface area contributed by atoms with Crippen molar-refractivity contribution in [2.24, 2.45) is 4.99 Å². The van der Waals surface area contributed by atoms with Crippen LogP contribution in [0.4, 0.5) is 17.6 Å². The molecular formula is C20H16F4N2O4S. The van der Waals surface area contributed by atoms with Crippen LogP contribution in [-0.4, -0.2) is 28.2 Å². The van der Waals surface area contributed by atoms with Crippen LogP contribution in [0.1, 0.15) is 35.8 Å². The number of amides is 1. The van der Waals surface area contributed by atoms with E-state index in [1.807, 2.05) is 0 Å². The number of fused-ring (bicyclic) bond motifs is 1. The molecule has 1 aromatic heterocycles. The van der Waals surface area contributed by atoms with Gasteiger partial charge in [-0.1, -0.05) is 17.4 Å². The molecule has 1 amide bonds. The number of thiazole rings is 1. The Morgan fingerprint density at radius 1 is 1.26 bits per heavy atom. The highest BCUT2D eigenvalue weighted by atomic mass is 32.1. The molecule has 1 atom stereocenters. The van der Waals surface area contributed by atoms with Gasteiger partial charge in [-0.15, -0.1) is 0 Å². The van der Waals surface area contributed by atoms with Crippen molar-refractivity contribution in [3.05, 3.63) is 58.1 Å². The number of hydrogen-bond donors (Lipinski definition) is 1. The van der Waals surface area contributed by atoms with Gasteiger partial charge in [-0.25, -0.2) is 9.18 Å². The van der Waals surface area contributed by atoms with Crippen molar-refractivity contribution < 1.29 is 37.0 Å². The van der Waals surface area contributed by atoms with E-state index >= 15 is 0 Å². The topological polar surface area (TPSA) is 80.9 Å². The quantitative estimate of drug-likeness (QED) is 0.567. The fraction of sp³-hybridized carbons (Fsp3) is 0.250. The molecule has 0 spiro atoms. The highest BCUT2D eigenvalue weighted by molar-refractivity contribution is 7.16. The molecule has 0 saturated carbocycles. The lowest BCUT2D eigenvalue weighted by Gasteiger charge is -2.11. The summed E-state index contributed by atoms with van der Waals surface area (Å²) in [5.74, 6) is -3.08. The predicted octanol–water partition coefficient (Wildman–Crippen LogP) is 4.65. The first-order valence-electron chi connectivity index (χ1n) is 9.00. The Morgan fingerprint density at radius 2 is 1.97 bits per heavy atom. The summed E-state index contributed by atoms with van der Waals surface area (Å²) in [7, 11) is 0. The molecule has 3 aromatic rings. The minimum atomic E-state index is -4.65. The molecule has 31 heavy (non-hydrogen) atoms. The van der Waals surface area contributed by atoms with Gasteiger partial charge in [0.15, 0.2) is 16.4 Å². The summed E-state index contributed by atoms with van der Waals surface area (Å²) in [6.07, 6.45) is -4.65. The third kappa shape index (κ3) is 4.46. The fourth-order valence-corrected chi connectivity index (χ4v) is 3.99. The van der Waals surface area contributed by atoms with Crippen molar-refractivity contribution in [1.29, 1.82) is 0 Å². The molecule has 0 fully saturated rings. The molecule has 164 valence electrons. The van der Waals surface area contributed by atoms with Crippen LogP contribution >= 0.6 is 11.3 Å². The average molecular weight is 456 g/mol. The van der Waals surface area contributed by atoms with Crippen molar-refractivity contribution in [1.82, 2.24) is 4.57 Å². The van der Waals surface area contributed by atoms with Gasteiger partial charge in [-0.2, -0.15) is 18.2 Å². The van der Waals surface area contributed by atoms with E-state index in [2.05, 4.69) is 4.99 Å². The van der Waals surface area contributed by atoms with E-state index in [4.69, 9.17) is 4.74 Å². The first-order chi connectivity index (χ1) is 14.5. The van der Waals surface area contributed by atoms with E-state index in [1.165, 1.54) is 19.1 Å². The molecule has 0 saturated heterocycles. The van der Waals surface area contributed by atoms with Crippen molar-refractivity contribution >= 4 is 33.4 Å². The van der Waals surface area contributed by atoms with Crippen LogP contribution in [0.25, 0.3) is 10.2 Å². The minimum Gasteiger partial charge on any atom is -0.491 e. The molecule has 2 aromatic carbocycles. The second-order valence-electron chi connectivity index (χ2n) is 6.42. The van der Waals surface area contributed by atoms with Gasteiger partial charge < -0.3 is 14.4 Å². The second kappa shape index (κ2) is 8.50. The number of hydrogen-bond acceptors (Lipinski definition) is 4. The molecule has 0 radical (unpaired) electrons. The molecule has 1 N–H and O–H groups in total. The third-order valence-corrected chi connectivity index (χ3v) is 5.44. The molecule has 3 rings (SSSR count). The van der Waals surface area contributed by atoms with Crippen molar-refractivity contribution in [2.75, 3.05) is 6.61 Å². The first kappa shape index (κ1) is 22.5. The normalized spacial score (nSPS) is 13.4. The monoisotopic (exact) mass is 456 g/mol. The van der Waals surface area contributed by atoms with Crippen molar-refractivity contribution in [3.8, 4) is 5.75 Å². The minimum absolute atomic E-state index is 0.00893. The summed E-state index contributed by atoms with van der Waals surface area (Å²) < 4.78 is 60.0. The summed E-state index contributed by atoms with van der Waals surface area (Å²) in [6.45, 7) is 3.18. The van der Waals surface area contributed by atoms with E-state index in [9.17, 15) is 32.3 Å². The number of rotatable bonds is 5. The maximum absolute atomic E-state index is 14.8. The number of aromatic nitrogens is 1. The summed E-state index contributed by atoms with van der Waals surface area (Å²) in [4.78, 5) is 27.8. The number of carbonyl (C=O) groups excluding carboxylic acids is 1. The Balaban J connectivity index is 2.21. The summed E-state index contributed by atoms with van der Waals surface area (Å²) in [5.41, 5.74) is -1.20. The number of carbonyl (C=O) groups is 2. The highest BCUT2D eigenvalue weighted by Gasteiger charge is 2.31. The fourth-order valence-electron chi connectivity index (χ4n) is 2.87. The van der Waals surface area contributed by atoms with Gasteiger partial charge in [0.1, 0.15) is 6.04 Å². The molecule has 6 nitrogen and oxygen atoms in total. The Kier molecular flexibility index (Phi) is 6.16. The third-order valence-electron chi connectivity index (χ3n) is 4.38. The lowest BCUT2D eigenvalue weighted by molar-refractivity contribution is -0.140. The number of carboxylic acids is 1. The largest absolute Gasteiger partial charge is 0.491 e. The van der Waals surface area contributed by atoms with E-state index in [0.29, 0.717) is 17.4 Å². The molecule has 11 heteroatoms. The Labute approximate surface area is 177 Å². The molecule has 0 aliphatic heterocycles. The van der Waals surface area contributed by atoms with Crippen LogP contribution < -0.4 is 9.54 Å². The van der Waals surface area contributed by atoms with Gasteiger partial charge in [-0.3, -0.25) is 4.79 Å². The maximum Gasteiger partial charge on any atom is 0.416 e. The predicted molar refractivity (Wildman–Crippen MR) is 105 cm³/mol. The van der Waals surface area contributed by atoms with Crippen LogP contribution in [0.15, 0.2) is 41.4 Å². The number of ether oxygens (including phenoxy) is 1. The second-order valence-corrected chi connectivity index (χ2v) is 7.40. The molecule has 0 aliphatic rings. The first-order valence-corrected chi connectivity index (χ1v) is 9.81. The Hall–Kier alpha value is -3.21. The molecule has 1 heterocycles. The lowest BCUT2D eigenvalue weighted by Crippen LogP contribution is -2.25. The zero-order chi connectivity index (χ0) is 22.9. The van der Waals surface area contributed by atoms with Crippen LogP contribution in [0.3, 0.4) is 0 Å². The maximum atomic E-state index is 14.8. The average Bonchev–Trinajstić information content (AvgIpc) is 3.07. The van der Waals surface area contributed by atoms with Gasteiger partial charge in [0.2, 0.25) is 0 Å². The van der Waals surface area contributed by atoms with Gasteiger partial charge >= 0.3 is 12.1 Å². The zero-order valence-electron chi connectivity index (χ0n) is 16.2.